The van der Waals surface area contributed by atoms with Gasteiger partial charge in [-0.2, -0.15) is 0 Å². The molecule has 0 aromatic heterocycles. The number of sulfonamides is 1. The maximum Gasteiger partial charge on any atom is 0.273 e. The Balaban J connectivity index is 2.78. The van der Waals surface area contributed by atoms with Crippen LogP contribution in [0.2, 0.25) is 0 Å². The molecule has 0 heterocycles. The molecule has 0 radical (unpaired) electrons. The molecule has 0 spiro atoms. The van der Waals surface area contributed by atoms with Crippen molar-refractivity contribution in [2.75, 3.05) is 13.1 Å². The summed E-state index contributed by atoms with van der Waals surface area (Å²) < 4.78 is 26.6. The Morgan fingerprint density at radius 3 is 2.50 bits per heavy atom. The van der Waals surface area contributed by atoms with Crippen molar-refractivity contribution in [1.82, 2.24) is 10.0 Å². The van der Waals surface area contributed by atoms with Gasteiger partial charge in [-0.25, -0.2) is 13.1 Å². The van der Waals surface area contributed by atoms with E-state index in [-0.39, 0.29) is 41.1 Å². The fourth-order valence-corrected chi connectivity index (χ4v) is 3.04. The van der Waals surface area contributed by atoms with Crippen molar-refractivity contribution >= 4 is 21.6 Å². The van der Waals surface area contributed by atoms with Gasteiger partial charge in [0.15, 0.2) is 0 Å². The van der Waals surface area contributed by atoms with Gasteiger partial charge in [-0.3, -0.25) is 14.9 Å². The van der Waals surface area contributed by atoms with Crippen LogP contribution in [-0.2, 0) is 14.8 Å². The molecule has 22 heavy (non-hydrogen) atoms. The predicted molar refractivity (Wildman–Crippen MR) is 80.9 cm³/mol. The van der Waals surface area contributed by atoms with E-state index in [9.17, 15) is 23.3 Å². The smallest absolute Gasteiger partial charge is 0.273 e. The highest BCUT2D eigenvalue weighted by atomic mass is 32.2. The molecule has 1 amide bonds. The number of nitrogens with one attached hydrogen (secondary N) is 2. The first-order chi connectivity index (χ1) is 10.2. The molecule has 1 rings (SSSR count). The molecule has 0 aliphatic heterocycles. The van der Waals surface area contributed by atoms with E-state index in [1.165, 1.54) is 25.1 Å². The molecule has 122 valence electrons. The van der Waals surface area contributed by atoms with Gasteiger partial charge in [0, 0.05) is 30.6 Å². The van der Waals surface area contributed by atoms with Crippen LogP contribution < -0.4 is 10.0 Å². The van der Waals surface area contributed by atoms with Crippen molar-refractivity contribution in [3.05, 3.63) is 33.9 Å². The molecule has 8 nitrogen and oxygen atoms in total. The summed E-state index contributed by atoms with van der Waals surface area (Å²) in [6.07, 6.45) is 0. The summed E-state index contributed by atoms with van der Waals surface area (Å²) in [5.41, 5.74) is -0.179. The number of amides is 1. The van der Waals surface area contributed by atoms with E-state index in [4.69, 9.17) is 0 Å². The molecule has 0 unspecified atom stereocenters. The lowest BCUT2D eigenvalue weighted by atomic mass is 10.2. The second-order valence-electron chi connectivity index (χ2n) is 5.00. The van der Waals surface area contributed by atoms with Crippen LogP contribution in [-0.4, -0.2) is 32.3 Å². The molecular formula is C13H19N3O5S. The third-order valence-corrected chi connectivity index (χ3v) is 4.59. The largest absolute Gasteiger partial charge is 0.355 e. The minimum Gasteiger partial charge on any atom is -0.355 e. The van der Waals surface area contributed by atoms with Crippen LogP contribution in [0.5, 0.6) is 0 Å². The fraction of sp³-hybridized carbons (Fsp3) is 0.462. The first-order valence-electron chi connectivity index (χ1n) is 6.68. The zero-order valence-corrected chi connectivity index (χ0v) is 13.4. The van der Waals surface area contributed by atoms with E-state index in [0.29, 0.717) is 0 Å². The molecule has 2 N–H and O–H groups in total. The summed E-state index contributed by atoms with van der Waals surface area (Å²) in [5, 5.41) is 13.4. The van der Waals surface area contributed by atoms with Crippen molar-refractivity contribution in [2.45, 2.75) is 25.7 Å². The number of rotatable bonds is 7. The van der Waals surface area contributed by atoms with E-state index >= 15 is 0 Å². The van der Waals surface area contributed by atoms with Crippen molar-refractivity contribution in [2.24, 2.45) is 5.92 Å². The minimum absolute atomic E-state index is 0.00290. The number of nitro groups is 1. The van der Waals surface area contributed by atoms with E-state index in [2.05, 4.69) is 10.0 Å². The van der Waals surface area contributed by atoms with Gasteiger partial charge in [-0.1, -0.05) is 19.9 Å². The van der Waals surface area contributed by atoms with Crippen LogP contribution >= 0.6 is 0 Å². The third-order valence-electron chi connectivity index (χ3n) is 2.98. The molecule has 0 saturated carbocycles. The van der Waals surface area contributed by atoms with Crippen LogP contribution in [0.4, 0.5) is 5.69 Å². The number of carbonyl (C=O) groups is 1. The van der Waals surface area contributed by atoms with E-state index in [0.717, 1.165) is 0 Å². The molecule has 0 aliphatic carbocycles. The second kappa shape index (κ2) is 7.32. The standard InChI is InChI=1S/C13H19N3O5S/c1-9(2)13(17)14-7-8-15-22(20,21)12-6-4-5-11(10(12)3)16(18)19/h4-6,9,15H,7-8H2,1-3H3,(H,14,17). The van der Waals surface area contributed by atoms with Gasteiger partial charge >= 0.3 is 0 Å². The van der Waals surface area contributed by atoms with E-state index in [1.807, 2.05) is 0 Å². The van der Waals surface area contributed by atoms with Crippen molar-refractivity contribution in [3.8, 4) is 0 Å². The molecule has 0 aliphatic rings. The lowest BCUT2D eigenvalue weighted by Crippen LogP contribution is -2.36. The van der Waals surface area contributed by atoms with Gasteiger partial charge in [0.2, 0.25) is 15.9 Å². The molecule has 0 fully saturated rings. The summed E-state index contributed by atoms with van der Waals surface area (Å²) in [6, 6.07) is 3.87. The van der Waals surface area contributed by atoms with E-state index in [1.54, 1.807) is 13.8 Å². The number of hydrogen-bond acceptors (Lipinski definition) is 5. The second-order valence-corrected chi connectivity index (χ2v) is 6.74. The Labute approximate surface area is 129 Å². The summed E-state index contributed by atoms with van der Waals surface area (Å²) in [7, 11) is -3.87. The molecule has 9 heteroatoms. The van der Waals surface area contributed by atoms with Crippen LogP contribution in [0.25, 0.3) is 0 Å². The topological polar surface area (TPSA) is 118 Å². The summed E-state index contributed by atoms with van der Waals surface area (Å²) >= 11 is 0. The quantitative estimate of drug-likeness (QED) is 0.439. The molecule has 1 aromatic rings. The molecular weight excluding hydrogens is 310 g/mol. The van der Waals surface area contributed by atoms with Crippen molar-refractivity contribution in [3.63, 3.8) is 0 Å². The molecule has 0 atom stereocenters. The maximum absolute atomic E-state index is 12.2. The van der Waals surface area contributed by atoms with Gasteiger partial charge in [0.25, 0.3) is 5.69 Å². The monoisotopic (exact) mass is 329 g/mol. The SMILES string of the molecule is Cc1c([N+](=O)[O-])cccc1S(=O)(=O)NCCNC(=O)C(C)C. The van der Waals surface area contributed by atoms with Gasteiger partial charge in [-0.15, -0.1) is 0 Å². The van der Waals surface area contributed by atoms with Crippen LogP contribution in [0.15, 0.2) is 23.1 Å². The van der Waals surface area contributed by atoms with E-state index < -0.39 is 14.9 Å². The lowest BCUT2D eigenvalue weighted by molar-refractivity contribution is -0.385. The normalized spacial score (nSPS) is 11.5. The highest BCUT2D eigenvalue weighted by molar-refractivity contribution is 7.89. The number of carbonyl (C=O) groups excluding carboxylic acids is 1. The summed E-state index contributed by atoms with van der Waals surface area (Å²) in [4.78, 5) is 21.4. The van der Waals surface area contributed by atoms with Crippen LogP contribution in [0.1, 0.15) is 19.4 Å². The van der Waals surface area contributed by atoms with Crippen molar-refractivity contribution < 1.29 is 18.1 Å². The van der Waals surface area contributed by atoms with Crippen molar-refractivity contribution in [1.29, 1.82) is 0 Å². The lowest BCUT2D eigenvalue weighted by Gasteiger charge is -2.11. The summed E-state index contributed by atoms with van der Waals surface area (Å²) in [5.74, 6) is -0.360. The van der Waals surface area contributed by atoms with Gasteiger partial charge in [0.1, 0.15) is 0 Å². The maximum atomic E-state index is 12.2. The summed E-state index contributed by atoms with van der Waals surface area (Å²) in [6.45, 7) is 4.98. The first kappa shape index (κ1) is 18.1. The minimum atomic E-state index is -3.87. The van der Waals surface area contributed by atoms with Gasteiger partial charge < -0.3 is 5.32 Å². The number of nitrogens with zero attached hydrogens (tertiary/aromatic N) is 1. The van der Waals surface area contributed by atoms with Gasteiger partial charge in [-0.05, 0) is 13.0 Å². The number of benzene rings is 1. The fourth-order valence-electron chi connectivity index (χ4n) is 1.74. The van der Waals surface area contributed by atoms with Crippen LogP contribution in [0.3, 0.4) is 0 Å². The highest BCUT2D eigenvalue weighted by Gasteiger charge is 2.22. The zero-order valence-electron chi connectivity index (χ0n) is 12.6. The first-order valence-corrected chi connectivity index (χ1v) is 8.16. The predicted octanol–water partition coefficient (Wildman–Crippen LogP) is 0.954. The Morgan fingerprint density at radius 2 is 1.95 bits per heavy atom. The zero-order chi connectivity index (χ0) is 16.9. The Morgan fingerprint density at radius 1 is 1.32 bits per heavy atom. The number of nitro benzene ring substituents is 1. The van der Waals surface area contributed by atoms with Crippen LogP contribution in [0, 0.1) is 23.0 Å². The Hall–Kier alpha value is -2.00. The average Bonchev–Trinajstić information content (AvgIpc) is 2.42. The Kier molecular flexibility index (Phi) is 6.01. The highest BCUT2D eigenvalue weighted by Crippen LogP contribution is 2.24. The third kappa shape index (κ3) is 4.50. The molecule has 1 aromatic carbocycles. The Bertz CT molecular complexity index is 670. The molecule has 0 saturated heterocycles. The molecule has 0 bridgehead atoms. The van der Waals surface area contributed by atoms with Gasteiger partial charge in [0.05, 0.1) is 9.82 Å². The average molecular weight is 329 g/mol. The number of hydrogen-bond donors (Lipinski definition) is 2.